The summed E-state index contributed by atoms with van der Waals surface area (Å²) in [6.45, 7) is 0. The molecule has 0 amide bonds. The minimum atomic E-state index is 0.0155. The summed E-state index contributed by atoms with van der Waals surface area (Å²) in [6.07, 6.45) is 6.43. The molecule has 0 aliphatic carbocycles. The number of rotatable bonds is 6. The van der Waals surface area contributed by atoms with Gasteiger partial charge in [-0.1, -0.05) is 36.4 Å². The maximum absolute atomic E-state index is 11.5. The molecule has 0 bridgehead atoms. The van der Waals surface area contributed by atoms with Gasteiger partial charge in [0, 0.05) is 12.0 Å². The molecule has 0 aliphatic heterocycles. The molecule has 1 aromatic rings. The summed E-state index contributed by atoms with van der Waals surface area (Å²) in [5.41, 5.74) is 0.698. The molecule has 2 heteroatoms. The summed E-state index contributed by atoms with van der Waals surface area (Å²) in [7, 11) is 0. The number of hydrogen-bond donors (Lipinski definition) is 0. The third-order valence-electron chi connectivity index (χ3n) is 2.02. The van der Waals surface area contributed by atoms with Crippen molar-refractivity contribution in [2.24, 2.45) is 0 Å². The number of benzene rings is 1. The van der Waals surface area contributed by atoms with Gasteiger partial charge < -0.3 is 4.79 Å². The molecule has 0 radical (unpaired) electrons. The van der Waals surface area contributed by atoms with Crippen molar-refractivity contribution in [3.8, 4) is 0 Å². The predicted molar refractivity (Wildman–Crippen MR) is 59.8 cm³/mol. The summed E-state index contributed by atoms with van der Waals surface area (Å²) in [6, 6.07) is 9.14. The first-order valence-corrected chi connectivity index (χ1v) is 5.04. The number of unbranched alkanes of at least 4 members (excludes halogenated alkanes) is 2. The van der Waals surface area contributed by atoms with Crippen LogP contribution in [0.25, 0.3) is 0 Å². The molecular weight excluding hydrogens is 188 g/mol. The van der Waals surface area contributed by atoms with Gasteiger partial charge in [-0.3, -0.25) is 4.79 Å². The van der Waals surface area contributed by atoms with E-state index in [0.29, 0.717) is 12.0 Å². The van der Waals surface area contributed by atoms with Crippen molar-refractivity contribution in [3.05, 3.63) is 48.0 Å². The first-order valence-electron chi connectivity index (χ1n) is 5.04. The van der Waals surface area contributed by atoms with Gasteiger partial charge in [0.2, 0.25) is 0 Å². The Morgan fingerprint density at radius 2 is 1.87 bits per heavy atom. The molecule has 0 aromatic heterocycles. The summed E-state index contributed by atoms with van der Waals surface area (Å²) in [5.74, 6) is 0.0155. The van der Waals surface area contributed by atoms with Crippen LogP contribution in [0.1, 0.15) is 29.6 Å². The second kappa shape index (κ2) is 6.71. The molecule has 0 saturated carbocycles. The minimum Gasteiger partial charge on any atom is -0.303 e. The van der Waals surface area contributed by atoms with Crippen LogP contribution in [0.5, 0.6) is 0 Å². The Labute approximate surface area is 89.6 Å². The topological polar surface area (TPSA) is 34.1 Å². The molecule has 78 valence electrons. The molecule has 15 heavy (non-hydrogen) atoms. The number of hydrogen-bond acceptors (Lipinski definition) is 2. The van der Waals surface area contributed by atoms with E-state index in [1.807, 2.05) is 24.3 Å². The number of ketones is 1. The highest BCUT2D eigenvalue weighted by Crippen LogP contribution is 2.02. The molecule has 0 spiro atoms. The van der Waals surface area contributed by atoms with Gasteiger partial charge in [-0.25, -0.2) is 0 Å². The largest absolute Gasteiger partial charge is 0.303 e. The Hall–Kier alpha value is -1.70. The molecule has 1 rings (SSSR count). The summed E-state index contributed by atoms with van der Waals surface area (Å²) in [4.78, 5) is 21.6. The monoisotopic (exact) mass is 202 g/mol. The standard InChI is InChI=1S/C13H14O2/c14-11-7-2-1-6-10-13(15)12-8-4-3-5-9-12/h3-6,8-11H,1-2,7H2/b10-6+. The van der Waals surface area contributed by atoms with E-state index in [1.165, 1.54) is 0 Å². The molecule has 0 aliphatic rings. The van der Waals surface area contributed by atoms with Crippen molar-refractivity contribution in [1.82, 2.24) is 0 Å². The SMILES string of the molecule is O=CCCC/C=C/C(=O)c1ccccc1. The summed E-state index contributed by atoms with van der Waals surface area (Å²) < 4.78 is 0. The van der Waals surface area contributed by atoms with E-state index in [4.69, 9.17) is 0 Å². The highest BCUT2D eigenvalue weighted by atomic mass is 16.1. The molecule has 0 atom stereocenters. The van der Waals surface area contributed by atoms with Crippen LogP contribution in [-0.2, 0) is 4.79 Å². The Morgan fingerprint density at radius 3 is 2.53 bits per heavy atom. The van der Waals surface area contributed by atoms with Crippen molar-refractivity contribution >= 4 is 12.1 Å². The van der Waals surface area contributed by atoms with Gasteiger partial charge in [-0.05, 0) is 18.9 Å². The Kier molecular flexibility index (Phi) is 5.09. The Bertz CT molecular complexity index is 339. The van der Waals surface area contributed by atoms with E-state index in [0.717, 1.165) is 19.1 Å². The molecule has 0 saturated heterocycles. The van der Waals surface area contributed by atoms with E-state index < -0.39 is 0 Å². The van der Waals surface area contributed by atoms with Crippen molar-refractivity contribution in [2.45, 2.75) is 19.3 Å². The van der Waals surface area contributed by atoms with Crippen molar-refractivity contribution in [3.63, 3.8) is 0 Å². The van der Waals surface area contributed by atoms with Gasteiger partial charge in [0.1, 0.15) is 6.29 Å². The van der Waals surface area contributed by atoms with Gasteiger partial charge >= 0.3 is 0 Å². The van der Waals surface area contributed by atoms with E-state index >= 15 is 0 Å². The lowest BCUT2D eigenvalue weighted by atomic mass is 10.1. The maximum Gasteiger partial charge on any atom is 0.185 e. The molecular formula is C13H14O2. The molecule has 0 unspecified atom stereocenters. The van der Waals surface area contributed by atoms with E-state index in [2.05, 4.69) is 0 Å². The van der Waals surface area contributed by atoms with Crippen molar-refractivity contribution in [2.75, 3.05) is 0 Å². The van der Waals surface area contributed by atoms with Crippen LogP contribution in [0, 0.1) is 0 Å². The third kappa shape index (κ3) is 4.36. The van der Waals surface area contributed by atoms with Crippen LogP contribution in [0.4, 0.5) is 0 Å². The van der Waals surface area contributed by atoms with Crippen LogP contribution in [-0.4, -0.2) is 12.1 Å². The van der Waals surface area contributed by atoms with Crippen LogP contribution < -0.4 is 0 Å². The average Bonchev–Trinajstić information content (AvgIpc) is 2.30. The lowest BCUT2D eigenvalue weighted by molar-refractivity contribution is -0.107. The van der Waals surface area contributed by atoms with E-state index in [-0.39, 0.29) is 5.78 Å². The van der Waals surface area contributed by atoms with Crippen LogP contribution in [0.2, 0.25) is 0 Å². The Balaban J connectivity index is 2.39. The zero-order valence-corrected chi connectivity index (χ0v) is 8.56. The second-order valence-electron chi connectivity index (χ2n) is 3.23. The fraction of sp³-hybridized carbons (Fsp3) is 0.231. The lowest BCUT2D eigenvalue weighted by Gasteiger charge is -1.93. The first kappa shape index (κ1) is 11.4. The quantitative estimate of drug-likeness (QED) is 0.307. The zero-order chi connectivity index (χ0) is 10.9. The normalized spacial score (nSPS) is 10.4. The van der Waals surface area contributed by atoms with Crippen molar-refractivity contribution in [1.29, 1.82) is 0 Å². The summed E-state index contributed by atoms with van der Waals surface area (Å²) >= 11 is 0. The van der Waals surface area contributed by atoms with Gasteiger partial charge in [0.15, 0.2) is 5.78 Å². The fourth-order valence-corrected chi connectivity index (χ4v) is 1.21. The lowest BCUT2D eigenvalue weighted by Crippen LogP contribution is -1.92. The fourth-order valence-electron chi connectivity index (χ4n) is 1.21. The molecule has 0 fully saturated rings. The maximum atomic E-state index is 11.5. The van der Waals surface area contributed by atoms with Gasteiger partial charge in [-0.15, -0.1) is 0 Å². The van der Waals surface area contributed by atoms with Crippen LogP contribution in [0.3, 0.4) is 0 Å². The molecule has 0 N–H and O–H groups in total. The van der Waals surface area contributed by atoms with E-state index in [1.54, 1.807) is 18.2 Å². The first-order chi connectivity index (χ1) is 7.34. The summed E-state index contributed by atoms with van der Waals surface area (Å²) in [5, 5.41) is 0. The molecule has 1 aromatic carbocycles. The van der Waals surface area contributed by atoms with E-state index in [9.17, 15) is 9.59 Å². The van der Waals surface area contributed by atoms with Crippen LogP contribution >= 0.6 is 0 Å². The number of carbonyl (C=O) groups is 2. The second-order valence-corrected chi connectivity index (χ2v) is 3.23. The average molecular weight is 202 g/mol. The van der Waals surface area contributed by atoms with Gasteiger partial charge in [0.05, 0.1) is 0 Å². The number of carbonyl (C=O) groups excluding carboxylic acids is 2. The smallest absolute Gasteiger partial charge is 0.185 e. The molecule has 2 nitrogen and oxygen atoms in total. The third-order valence-corrected chi connectivity index (χ3v) is 2.02. The number of aldehydes is 1. The highest BCUT2D eigenvalue weighted by molar-refractivity contribution is 6.04. The van der Waals surface area contributed by atoms with Gasteiger partial charge in [0.25, 0.3) is 0 Å². The Morgan fingerprint density at radius 1 is 1.13 bits per heavy atom. The van der Waals surface area contributed by atoms with Crippen LogP contribution in [0.15, 0.2) is 42.5 Å². The molecule has 0 heterocycles. The number of allylic oxidation sites excluding steroid dienone is 2. The predicted octanol–water partition coefficient (Wildman–Crippen LogP) is 2.79. The highest BCUT2D eigenvalue weighted by Gasteiger charge is 1.98. The zero-order valence-electron chi connectivity index (χ0n) is 8.56. The minimum absolute atomic E-state index is 0.0155. The van der Waals surface area contributed by atoms with Crippen molar-refractivity contribution < 1.29 is 9.59 Å². The van der Waals surface area contributed by atoms with Gasteiger partial charge in [-0.2, -0.15) is 0 Å².